The molecule has 0 aliphatic carbocycles. The summed E-state index contributed by atoms with van der Waals surface area (Å²) in [4.78, 5) is 5.71. The van der Waals surface area contributed by atoms with Crippen molar-refractivity contribution in [2.24, 2.45) is 5.10 Å². The number of hydrogen-bond donors (Lipinski definition) is 1. The molecule has 1 heterocycles. The molecule has 3 aromatic rings. The third-order valence-electron chi connectivity index (χ3n) is 3.16. The topological polar surface area (TPSA) is 37.3 Å². The van der Waals surface area contributed by atoms with Gasteiger partial charge in [0.05, 0.1) is 11.9 Å². The normalized spacial score (nSPS) is 10.6. The number of thiazole rings is 1. The lowest BCUT2D eigenvalue weighted by Crippen LogP contribution is -3.00. The molecule has 0 saturated heterocycles. The first-order valence-electron chi connectivity index (χ1n) is 6.90. The van der Waals surface area contributed by atoms with Gasteiger partial charge in [-0.1, -0.05) is 47.5 Å². The van der Waals surface area contributed by atoms with Gasteiger partial charge in [-0.3, -0.25) is 5.43 Å². The van der Waals surface area contributed by atoms with E-state index >= 15 is 0 Å². The molecule has 0 aliphatic rings. The zero-order chi connectivity index (χ0) is 16.2. The van der Waals surface area contributed by atoms with E-state index in [1.165, 1.54) is 0 Å². The summed E-state index contributed by atoms with van der Waals surface area (Å²) in [7, 11) is 0. The van der Waals surface area contributed by atoms with Gasteiger partial charge < -0.3 is 17.0 Å². The SMILES string of the molecule is Cc1sc(N/N=C/c2ccc(Cl)cc2)nc1-c1ccc(Cl)cc1.[Br-]. The molecule has 24 heavy (non-hydrogen) atoms. The first kappa shape index (κ1) is 18.9. The Morgan fingerprint density at radius 3 is 2.21 bits per heavy atom. The lowest BCUT2D eigenvalue weighted by Gasteiger charge is -1.98. The van der Waals surface area contributed by atoms with Crippen LogP contribution in [0.15, 0.2) is 53.6 Å². The van der Waals surface area contributed by atoms with Crippen LogP contribution >= 0.6 is 34.5 Å². The fourth-order valence-corrected chi connectivity index (χ4v) is 3.07. The van der Waals surface area contributed by atoms with Gasteiger partial charge >= 0.3 is 0 Å². The first-order valence-corrected chi connectivity index (χ1v) is 8.47. The van der Waals surface area contributed by atoms with Crippen molar-refractivity contribution in [2.45, 2.75) is 6.92 Å². The number of aromatic nitrogens is 1. The van der Waals surface area contributed by atoms with Gasteiger partial charge in [-0.15, -0.1) is 11.3 Å². The van der Waals surface area contributed by atoms with Crippen LogP contribution in [0.3, 0.4) is 0 Å². The van der Waals surface area contributed by atoms with Crippen molar-refractivity contribution in [3.63, 3.8) is 0 Å². The van der Waals surface area contributed by atoms with Crippen LogP contribution < -0.4 is 22.4 Å². The van der Waals surface area contributed by atoms with E-state index in [9.17, 15) is 0 Å². The van der Waals surface area contributed by atoms with E-state index in [-0.39, 0.29) is 17.0 Å². The van der Waals surface area contributed by atoms with Crippen molar-refractivity contribution in [2.75, 3.05) is 5.43 Å². The van der Waals surface area contributed by atoms with E-state index in [1.54, 1.807) is 17.6 Å². The molecule has 7 heteroatoms. The number of rotatable bonds is 4. The van der Waals surface area contributed by atoms with Crippen LogP contribution in [-0.4, -0.2) is 11.2 Å². The minimum Gasteiger partial charge on any atom is -1.00 e. The second-order valence-corrected chi connectivity index (χ2v) is 6.93. The maximum Gasteiger partial charge on any atom is 0.204 e. The summed E-state index contributed by atoms with van der Waals surface area (Å²) in [5.41, 5.74) is 5.91. The van der Waals surface area contributed by atoms with Gasteiger partial charge in [0.15, 0.2) is 0 Å². The molecule has 3 nitrogen and oxygen atoms in total. The number of hydrazone groups is 1. The Kier molecular flexibility index (Phi) is 6.80. The highest BCUT2D eigenvalue weighted by atomic mass is 79.9. The minimum absolute atomic E-state index is 0. The van der Waals surface area contributed by atoms with Crippen molar-refractivity contribution >= 4 is 45.9 Å². The molecule has 0 amide bonds. The number of anilines is 1. The number of aryl methyl sites for hydroxylation is 1. The van der Waals surface area contributed by atoms with Gasteiger partial charge in [-0.2, -0.15) is 5.10 Å². The molecule has 1 aromatic heterocycles. The molecule has 2 aromatic carbocycles. The lowest BCUT2D eigenvalue weighted by atomic mass is 10.1. The summed E-state index contributed by atoms with van der Waals surface area (Å²) >= 11 is 13.3. The van der Waals surface area contributed by atoms with Crippen molar-refractivity contribution in [3.05, 3.63) is 69.0 Å². The second-order valence-electron chi connectivity index (χ2n) is 4.85. The lowest BCUT2D eigenvalue weighted by molar-refractivity contribution is -0.00000436. The van der Waals surface area contributed by atoms with Gasteiger partial charge in [0.2, 0.25) is 5.13 Å². The zero-order valence-corrected chi connectivity index (χ0v) is 16.5. The molecule has 0 saturated carbocycles. The molecular formula is C17H13BrCl2N3S-. The molecule has 0 fully saturated rings. The standard InChI is InChI=1S/C17H13Cl2N3S.BrH/c1-11-16(13-4-8-15(19)9-5-13)21-17(23-11)22-20-10-12-2-6-14(18)7-3-12;/h2-10H,1H3,(H,21,22);1H/p-1/b20-10+;. The van der Waals surface area contributed by atoms with Gasteiger partial charge in [0.25, 0.3) is 0 Å². The molecule has 3 rings (SSSR count). The van der Waals surface area contributed by atoms with Crippen LogP contribution in [-0.2, 0) is 0 Å². The number of benzene rings is 2. The van der Waals surface area contributed by atoms with E-state index in [4.69, 9.17) is 23.2 Å². The Hall–Kier alpha value is -1.40. The number of nitrogens with one attached hydrogen (secondary N) is 1. The van der Waals surface area contributed by atoms with Crippen molar-refractivity contribution in [1.29, 1.82) is 0 Å². The average molecular weight is 442 g/mol. The Bertz CT molecular complexity index is 830. The maximum absolute atomic E-state index is 5.92. The van der Waals surface area contributed by atoms with Crippen LogP contribution in [0.1, 0.15) is 10.4 Å². The Morgan fingerprint density at radius 1 is 1.00 bits per heavy atom. The van der Waals surface area contributed by atoms with Gasteiger partial charge in [0.1, 0.15) is 0 Å². The largest absolute Gasteiger partial charge is 1.00 e. The first-order chi connectivity index (χ1) is 11.1. The molecule has 124 valence electrons. The van der Waals surface area contributed by atoms with E-state index in [0.29, 0.717) is 10.0 Å². The highest BCUT2D eigenvalue weighted by molar-refractivity contribution is 7.15. The van der Waals surface area contributed by atoms with Crippen LogP contribution in [0.25, 0.3) is 11.3 Å². The Labute approximate surface area is 165 Å². The minimum atomic E-state index is 0. The smallest absolute Gasteiger partial charge is 0.204 e. The van der Waals surface area contributed by atoms with Crippen LogP contribution in [0.4, 0.5) is 5.13 Å². The summed E-state index contributed by atoms with van der Waals surface area (Å²) in [6, 6.07) is 15.1. The second kappa shape index (κ2) is 8.62. The van der Waals surface area contributed by atoms with E-state index in [0.717, 1.165) is 26.8 Å². The molecule has 0 bridgehead atoms. The highest BCUT2D eigenvalue weighted by Gasteiger charge is 2.09. The highest BCUT2D eigenvalue weighted by Crippen LogP contribution is 2.30. The van der Waals surface area contributed by atoms with Crippen molar-refractivity contribution < 1.29 is 17.0 Å². The van der Waals surface area contributed by atoms with Gasteiger partial charge in [-0.05, 0) is 36.8 Å². The number of halogens is 3. The third-order valence-corrected chi connectivity index (χ3v) is 4.54. The van der Waals surface area contributed by atoms with Crippen LogP contribution in [0.5, 0.6) is 0 Å². The summed E-state index contributed by atoms with van der Waals surface area (Å²) in [5, 5.41) is 6.38. The predicted octanol–water partition coefficient (Wildman–Crippen LogP) is 2.88. The monoisotopic (exact) mass is 440 g/mol. The molecule has 0 spiro atoms. The zero-order valence-electron chi connectivity index (χ0n) is 12.6. The molecule has 1 N–H and O–H groups in total. The molecule has 0 atom stereocenters. The van der Waals surface area contributed by atoms with Crippen molar-refractivity contribution in [1.82, 2.24) is 4.98 Å². The summed E-state index contributed by atoms with van der Waals surface area (Å²) < 4.78 is 0. The van der Waals surface area contributed by atoms with Gasteiger partial charge in [0, 0.05) is 20.5 Å². The number of hydrogen-bond acceptors (Lipinski definition) is 4. The summed E-state index contributed by atoms with van der Waals surface area (Å²) in [6.07, 6.45) is 1.73. The Balaban J connectivity index is 0.00000208. The number of nitrogens with zero attached hydrogens (tertiary/aromatic N) is 2. The third kappa shape index (κ3) is 4.80. The van der Waals surface area contributed by atoms with Crippen LogP contribution in [0, 0.1) is 6.92 Å². The summed E-state index contributed by atoms with van der Waals surface area (Å²) in [6.45, 7) is 2.04. The van der Waals surface area contributed by atoms with E-state index in [2.05, 4.69) is 15.5 Å². The molecule has 0 unspecified atom stereocenters. The maximum atomic E-state index is 5.92. The van der Waals surface area contributed by atoms with E-state index < -0.39 is 0 Å². The van der Waals surface area contributed by atoms with Crippen LogP contribution in [0.2, 0.25) is 10.0 Å². The van der Waals surface area contributed by atoms with E-state index in [1.807, 2.05) is 55.5 Å². The summed E-state index contributed by atoms with van der Waals surface area (Å²) in [5.74, 6) is 0. The fraction of sp³-hybridized carbons (Fsp3) is 0.0588. The van der Waals surface area contributed by atoms with Crippen molar-refractivity contribution in [3.8, 4) is 11.3 Å². The van der Waals surface area contributed by atoms with Gasteiger partial charge in [-0.25, -0.2) is 4.98 Å². The quantitative estimate of drug-likeness (QED) is 0.499. The Morgan fingerprint density at radius 2 is 1.58 bits per heavy atom. The predicted molar refractivity (Wildman–Crippen MR) is 100.0 cm³/mol. The molecule has 0 radical (unpaired) electrons. The average Bonchev–Trinajstić information content (AvgIpc) is 2.91. The fourth-order valence-electron chi connectivity index (χ4n) is 2.03. The molecule has 0 aliphatic heterocycles. The molecular weight excluding hydrogens is 429 g/mol.